The molecule has 0 heterocycles. The first kappa shape index (κ1) is 14.3. The molecule has 0 aliphatic heterocycles. The second-order valence-electron chi connectivity index (χ2n) is 5.44. The monoisotopic (exact) mass is 260 g/mol. The van der Waals surface area contributed by atoms with Crippen molar-refractivity contribution in [2.24, 2.45) is 5.92 Å². The summed E-state index contributed by atoms with van der Waals surface area (Å²) in [7, 11) is 0. The lowest BCUT2D eigenvalue weighted by Gasteiger charge is -2.12. The number of benzene rings is 1. The molecule has 1 aliphatic rings. The van der Waals surface area contributed by atoms with Crippen molar-refractivity contribution in [2.45, 2.75) is 51.6 Å². The molecular weight excluding hydrogens is 236 g/mol. The summed E-state index contributed by atoms with van der Waals surface area (Å²) < 4.78 is 5.67. The molecule has 1 aliphatic carbocycles. The Bertz CT molecular complexity index is 372. The van der Waals surface area contributed by atoms with Crippen molar-refractivity contribution in [3.05, 3.63) is 35.9 Å². The van der Waals surface area contributed by atoms with E-state index in [2.05, 4.69) is 12.1 Å². The van der Waals surface area contributed by atoms with Crippen LogP contribution in [-0.2, 0) is 16.1 Å². The topological polar surface area (TPSA) is 26.3 Å². The number of hydrogen-bond acceptors (Lipinski definition) is 2. The average molecular weight is 260 g/mol. The summed E-state index contributed by atoms with van der Waals surface area (Å²) in [5.74, 6) is 0.795. The van der Waals surface area contributed by atoms with Crippen molar-refractivity contribution in [1.29, 1.82) is 0 Å². The first-order valence-electron chi connectivity index (χ1n) is 7.50. The van der Waals surface area contributed by atoms with E-state index in [0.29, 0.717) is 18.3 Å². The number of carbonyl (C=O) groups excluding carboxylic acids is 1. The largest absolute Gasteiger partial charge is 0.377 e. The molecule has 0 radical (unpaired) electrons. The number of Topliss-reactive ketones (excluding diaryl/α,β-unsaturated/α-hetero) is 1. The van der Waals surface area contributed by atoms with Gasteiger partial charge < -0.3 is 4.74 Å². The SMILES string of the molecule is O=C1CCCCCC1CCCOCc1ccccc1. The second kappa shape index (κ2) is 8.11. The molecule has 0 N–H and O–H groups in total. The first-order chi connectivity index (χ1) is 9.36. The van der Waals surface area contributed by atoms with Crippen molar-refractivity contribution in [2.75, 3.05) is 6.61 Å². The van der Waals surface area contributed by atoms with Crippen molar-refractivity contribution in [1.82, 2.24) is 0 Å². The lowest BCUT2D eigenvalue weighted by molar-refractivity contribution is -0.123. The van der Waals surface area contributed by atoms with Gasteiger partial charge >= 0.3 is 0 Å². The third-order valence-electron chi connectivity index (χ3n) is 3.88. The van der Waals surface area contributed by atoms with E-state index in [1.54, 1.807) is 0 Å². The predicted molar refractivity (Wildman–Crippen MR) is 76.9 cm³/mol. The zero-order valence-corrected chi connectivity index (χ0v) is 11.6. The van der Waals surface area contributed by atoms with Gasteiger partial charge in [0.2, 0.25) is 0 Å². The summed E-state index contributed by atoms with van der Waals surface area (Å²) in [6.45, 7) is 1.44. The summed E-state index contributed by atoms with van der Waals surface area (Å²) in [5.41, 5.74) is 1.22. The van der Waals surface area contributed by atoms with Gasteiger partial charge in [-0.15, -0.1) is 0 Å². The molecule has 2 rings (SSSR count). The van der Waals surface area contributed by atoms with Gasteiger partial charge in [-0.05, 0) is 31.2 Å². The Morgan fingerprint density at radius 2 is 1.95 bits per heavy atom. The molecule has 1 aromatic carbocycles. The summed E-state index contributed by atoms with van der Waals surface area (Å²) in [5, 5.41) is 0. The molecular formula is C17H24O2. The molecule has 1 fully saturated rings. The normalized spacial score (nSPS) is 20.2. The minimum Gasteiger partial charge on any atom is -0.377 e. The van der Waals surface area contributed by atoms with Gasteiger partial charge in [0.15, 0.2) is 0 Å². The molecule has 2 nitrogen and oxygen atoms in total. The summed E-state index contributed by atoms with van der Waals surface area (Å²) >= 11 is 0. The van der Waals surface area contributed by atoms with Gasteiger partial charge in [0.1, 0.15) is 5.78 Å². The maximum atomic E-state index is 11.9. The highest BCUT2D eigenvalue weighted by molar-refractivity contribution is 5.81. The van der Waals surface area contributed by atoms with E-state index in [-0.39, 0.29) is 0 Å². The molecule has 0 amide bonds. The fourth-order valence-electron chi connectivity index (χ4n) is 2.73. The van der Waals surface area contributed by atoms with Gasteiger partial charge in [-0.1, -0.05) is 43.2 Å². The molecule has 2 heteroatoms. The Labute approximate surface area is 116 Å². The third-order valence-corrected chi connectivity index (χ3v) is 3.88. The smallest absolute Gasteiger partial charge is 0.135 e. The lowest BCUT2D eigenvalue weighted by Crippen LogP contribution is -2.13. The molecule has 0 spiro atoms. The van der Waals surface area contributed by atoms with Gasteiger partial charge in [0.25, 0.3) is 0 Å². The van der Waals surface area contributed by atoms with Crippen LogP contribution in [0.5, 0.6) is 0 Å². The van der Waals surface area contributed by atoms with Crippen molar-refractivity contribution in [3.63, 3.8) is 0 Å². The zero-order valence-electron chi connectivity index (χ0n) is 11.6. The molecule has 0 saturated heterocycles. The summed E-state index contributed by atoms with van der Waals surface area (Å²) in [4.78, 5) is 11.9. The highest BCUT2D eigenvalue weighted by Gasteiger charge is 2.19. The molecule has 19 heavy (non-hydrogen) atoms. The molecule has 1 saturated carbocycles. The van der Waals surface area contributed by atoms with Crippen molar-refractivity contribution in [3.8, 4) is 0 Å². The molecule has 0 aromatic heterocycles. The van der Waals surface area contributed by atoms with Crippen LogP contribution in [0.3, 0.4) is 0 Å². The third kappa shape index (κ3) is 5.15. The Kier molecular flexibility index (Phi) is 6.09. The average Bonchev–Trinajstić information content (AvgIpc) is 2.65. The number of carbonyl (C=O) groups is 1. The number of ketones is 1. The van der Waals surface area contributed by atoms with Crippen LogP contribution in [0, 0.1) is 5.92 Å². The predicted octanol–water partition coefficient (Wildman–Crippen LogP) is 4.13. The highest BCUT2D eigenvalue weighted by Crippen LogP contribution is 2.23. The van der Waals surface area contributed by atoms with Crippen LogP contribution < -0.4 is 0 Å². The van der Waals surface area contributed by atoms with Crippen molar-refractivity contribution < 1.29 is 9.53 Å². The van der Waals surface area contributed by atoms with Gasteiger partial charge in [0.05, 0.1) is 6.61 Å². The van der Waals surface area contributed by atoms with Crippen LogP contribution >= 0.6 is 0 Å². The molecule has 1 atom stereocenters. The van der Waals surface area contributed by atoms with Crippen LogP contribution in [0.4, 0.5) is 0 Å². The Hall–Kier alpha value is -1.15. The first-order valence-corrected chi connectivity index (χ1v) is 7.50. The van der Waals surface area contributed by atoms with E-state index >= 15 is 0 Å². The fraction of sp³-hybridized carbons (Fsp3) is 0.588. The molecule has 1 aromatic rings. The van der Waals surface area contributed by atoms with E-state index < -0.39 is 0 Å². The van der Waals surface area contributed by atoms with E-state index in [9.17, 15) is 4.79 Å². The van der Waals surface area contributed by atoms with Gasteiger partial charge in [-0.25, -0.2) is 0 Å². The lowest BCUT2D eigenvalue weighted by atomic mass is 9.94. The molecule has 1 unspecified atom stereocenters. The van der Waals surface area contributed by atoms with Gasteiger partial charge in [0, 0.05) is 18.9 Å². The summed E-state index contributed by atoms with van der Waals surface area (Å²) in [6, 6.07) is 10.2. The minimum atomic E-state index is 0.308. The Morgan fingerprint density at radius 3 is 2.79 bits per heavy atom. The van der Waals surface area contributed by atoms with Crippen molar-refractivity contribution >= 4 is 5.78 Å². The maximum Gasteiger partial charge on any atom is 0.135 e. The Balaban J connectivity index is 1.60. The van der Waals surface area contributed by atoms with Crippen LogP contribution in [0.25, 0.3) is 0 Å². The number of hydrogen-bond donors (Lipinski definition) is 0. The Morgan fingerprint density at radius 1 is 1.11 bits per heavy atom. The van der Waals surface area contributed by atoms with Crippen LogP contribution in [-0.4, -0.2) is 12.4 Å². The van der Waals surface area contributed by atoms with E-state index in [0.717, 1.165) is 38.7 Å². The van der Waals surface area contributed by atoms with E-state index in [1.807, 2.05) is 18.2 Å². The molecule has 104 valence electrons. The minimum absolute atomic E-state index is 0.308. The van der Waals surface area contributed by atoms with Gasteiger partial charge in [-0.3, -0.25) is 4.79 Å². The standard InChI is InChI=1S/C17H24O2/c18-17-12-6-2-5-10-16(17)11-7-13-19-14-15-8-3-1-4-9-15/h1,3-4,8-9,16H,2,5-7,10-14H2. The quantitative estimate of drug-likeness (QED) is 0.568. The van der Waals surface area contributed by atoms with Crippen LogP contribution in [0.15, 0.2) is 30.3 Å². The second-order valence-corrected chi connectivity index (χ2v) is 5.44. The molecule has 0 bridgehead atoms. The number of rotatable bonds is 6. The zero-order chi connectivity index (χ0) is 13.3. The highest BCUT2D eigenvalue weighted by atomic mass is 16.5. The van der Waals surface area contributed by atoms with E-state index in [4.69, 9.17) is 4.74 Å². The number of ether oxygens (including phenoxy) is 1. The van der Waals surface area contributed by atoms with Crippen LogP contribution in [0.1, 0.15) is 50.5 Å². The van der Waals surface area contributed by atoms with Crippen LogP contribution in [0.2, 0.25) is 0 Å². The van der Waals surface area contributed by atoms with E-state index in [1.165, 1.54) is 18.4 Å². The fourth-order valence-corrected chi connectivity index (χ4v) is 2.73. The van der Waals surface area contributed by atoms with Gasteiger partial charge in [-0.2, -0.15) is 0 Å². The maximum absolute atomic E-state index is 11.9. The summed E-state index contributed by atoms with van der Waals surface area (Å²) in [6.07, 6.45) is 7.46.